The molecule has 0 saturated carbocycles. The van der Waals surface area contributed by atoms with E-state index in [1.165, 1.54) is 13.2 Å². The molecule has 0 fully saturated rings. The first kappa shape index (κ1) is 12.2. The van der Waals surface area contributed by atoms with Crippen molar-refractivity contribution in [1.29, 1.82) is 0 Å². The van der Waals surface area contributed by atoms with Gasteiger partial charge in [0.15, 0.2) is 0 Å². The zero-order valence-corrected chi connectivity index (χ0v) is 9.09. The maximum absolute atomic E-state index is 10.4. The highest BCUT2D eigenvalue weighted by Crippen LogP contribution is 2.29. The van der Waals surface area contributed by atoms with Crippen LogP contribution < -0.4 is 0 Å². The zero-order valence-electron chi connectivity index (χ0n) is 9.09. The van der Waals surface area contributed by atoms with Gasteiger partial charge in [0, 0.05) is 6.92 Å². The summed E-state index contributed by atoms with van der Waals surface area (Å²) in [6.45, 7) is 8.01. The molecule has 0 saturated heterocycles. The standard InChI is InChI=1S/C11H20O2/c1-5-11(4,6-2)8-7-9-13-10(3)12/h7,9H,5-6,8H2,1-4H3. The number of ether oxygens (including phenoxy) is 1. The number of hydrogen-bond acceptors (Lipinski definition) is 2. The summed E-state index contributed by atoms with van der Waals surface area (Å²) < 4.78 is 4.71. The lowest BCUT2D eigenvalue weighted by Crippen LogP contribution is -2.12. The van der Waals surface area contributed by atoms with E-state index in [1.54, 1.807) is 0 Å². The predicted octanol–water partition coefficient (Wildman–Crippen LogP) is 3.28. The van der Waals surface area contributed by atoms with Gasteiger partial charge in [-0.25, -0.2) is 0 Å². The molecule has 2 nitrogen and oxygen atoms in total. The van der Waals surface area contributed by atoms with Crippen molar-refractivity contribution in [2.75, 3.05) is 0 Å². The van der Waals surface area contributed by atoms with Crippen molar-refractivity contribution in [3.63, 3.8) is 0 Å². The van der Waals surface area contributed by atoms with Gasteiger partial charge in [-0.2, -0.15) is 0 Å². The molecule has 0 heterocycles. The molecule has 0 bridgehead atoms. The number of carbonyl (C=O) groups excluding carboxylic acids is 1. The van der Waals surface area contributed by atoms with E-state index in [0.29, 0.717) is 5.41 Å². The third-order valence-electron chi connectivity index (χ3n) is 2.65. The second-order valence-electron chi connectivity index (χ2n) is 3.70. The number of carbonyl (C=O) groups is 1. The maximum Gasteiger partial charge on any atom is 0.307 e. The van der Waals surface area contributed by atoms with Crippen molar-refractivity contribution in [1.82, 2.24) is 0 Å². The molecule has 0 N–H and O–H groups in total. The van der Waals surface area contributed by atoms with Crippen LogP contribution in [0, 0.1) is 5.41 Å². The van der Waals surface area contributed by atoms with E-state index in [0.717, 1.165) is 19.3 Å². The summed E-state index contributed by atoms with van der Waals surface area (Å²) in [5.41, 5.74) is 0.344. The molecular formula is C11H20O2. The lowest BCUT2D eigenvalue weighted by molar-refractivity contribution is -0.135. The molecule has 0 radical (unpaired) electrons. The van der Waals surface area contributed by atoms with Gasteiger partial charge in [-0.1, -0.05) is 33.6 Å². The maximum atomic E-state index is 10.4. The van der Waals surface area contributed by atoms with E-state index >= 15 is 0 Å². The molecule has 0 aliphatic heterocycles. The number of allylic oxidation sites excluding steroid dienone is 1. The minimum absolute atomic E-state index is 0.258. The molecule has 0 unspecified atom stereocenters. The lowest BCUT2D eigenvalue weighted by atomic mass is 9.82. The molecule has 0 spiro atoms. The highest BCUT2D eigenvalue weighted by Gasteiger charge is 2.17. The Labute approximate surface area is 81.0 Å². The number of rotatable bonds is 5. The fourth-order valence-corrected chi connectivity index (χ4v) is 1.02. The van der Waals surface area contributed by atoms with Gasteiger partial charge in [-0.15, -0.1) is 0 Å². The van der Waals surface area contributed by atoms with Crippen LogP contribution in [0.5, 0.6) is 0 Å². The zero-order chi connectivity index (χ0) is 10.3. The molecule has 0 rings (SSSR count). The fourth-order valence-electron chi connectivity index (χ4n) is 1.02. The summed E-state index contributed by atoms with van der Waals surface area (Å²) in [7, 11) is 0. The Morgan fingerprint density at radius 3 is 2.31 bits per heavy atom. The second-order valence-corrected chi connectivity index (χ2v) is 3.70. The van der Waals surface area contributed by atoms with E-state index in [4.69, 9.17) is 4.74 Å². The van der Waals surface area contributed by atoms with Crippen LogP contribution in [0.25, 0.3) is 0 Å². The Morgan fingerprint density at radius 2 is 1.92 bits per heavy atom. The highest BCUT2D eigenvalue weighted by atomic mass is 16.5. The van der Waals surface area contributed by atoms with Crippen LogP contribution >= 0.6 is 0 Å². The van der Waals surface area contributed by atoms with Crippen molar-refractivity contribution in [3.05, 3.63) is 12.3 Å². The number of esters is 1. The topological polar surface area (TPSA) is 26.3 Å². The molecule has 0 aliphatic rings. The Morgan fingerprint density at radius 1 is 1.38 bits per heavy atom. The normalized spacial score (nSPS) is 12.0. The molecule has 0 aromatic heterocycles. The first-order chi connectivity index (χ1) is 6.04. The number of hydrogen-bond donors (Lipinski definition) is 0. The van der Waals surface area contributed by atoms with Crippen LogP contribution in [0.4, 0.5) is 0 Å². The van der Waals surface area contributed by atoms with Gasteiger partial charge in [-0.05, 0) is 17.9 Å². The molecular weight excluding hydrogens is 164 g/mol. The summed E-state index contributed by atoms with van der Waals surface area (Å²) in [6, 6.07) is 0. The lowest BCUT2D eigenvalue weighted by Gasteiger charge is -2.24. The average Bonchev–Trinajstić information content (AvgIpc) is 2.12. The van der Waals surface area contributed by atoms with Crippen LogP contribution in [0.2, 0.25) is 0 Å². The van der Waals surface area contributed by atoms with E-state index in [9.17, 15) is 4.79 Å². The molecule has 2 heteroatoms. The molecule has 0 atom stereocenters. The molecule has 0 aliphatic carbocycles. The van der Waals surface area contributed by atoms with Crippen molar-refractivity contribution >= 4 is 5.97 Å². The van der Waals surface area contributed by atoms with Crippen molar-refractivity contribution < 1.29 is 9.53 Å². The second kappa shape index (κ2) is 5.79. The van der Waals surface area contributed by atoms with Crippen LogP contribution in [0.15, 0.2) is 12.3 Å². The van der Waals surface area contributed by atoms with E-state index < -0.39 is 0 Å². The molecule has 76 valence electrons. The van der Waals surface area contributed by atoms with E-state index in [-0.39, 0.29) is 5.97 Å². The molecule has 13 heavy (non-hydrogen) atoms. The monoisotopic (exact) mass is 184 g/mol. The minimum atomic E-state index is -0.258. The average molecular weight is 184 g/mol. The van der Waals surface area contributed by atoms with E-state index in [1.807, 2.05) is 6.08 Å². The quantitative estimate of drug-likeness (QED) is 0.484. The Bertz CT molecular complexity index is 179. The minimum Gasteiger partial charge on any atom is -0.435 e. The Hall–Kier alpha value is -0.790. The van der Waals surface area contributed by atoms with Crippen LogP contribution in [-0.4, -0.2) is 5.97 Å². The van der Waals surface area contributed by atoms with Gasteiger partial charge in [0.25, 0.3) is 0 Å². The highest BCUT2D eigenvalue weighted by molar-refractivity contribution is 5.66. The Balaban J connectivity index is 3.84. The summed E-state index contributed by atoms with van der Waals surface area (Å²) in [5, 5.41) is 0. The SMILES string of the molecule is CCC(C)(CC)CC=COC(C)=O. The summed E-state index contributed by atoms with van der Waals surface area (Å²) >= 11 is 0. The van der Waals surface area contributed by atoms with Crippen LogP contribution in [0.3, 0.4) is 0 Å². The first-order valence-electron chi connectivity index (χ1n) is 4.86. The summed E-state index contributed by atoms with van der Waals surface area (Å²) in [5.74, 6) is -0.258. The Kier molecular flexibility index (Phi) is 5.44. The molecule has 0 amide bonds. The van der Waals surface area contributed by atoms with Gasteiger partial charge < -0.3 is 4.74 Å². The fraction of sp³-hybridized carbons (Fsp3) is 0.727. The molecule has 0 aromatic carbocycles. The van der Waals surface area contributed by atoms with Gasteiger partial charge in [-0.3, -0.25) is 4.79 Å². The van der Waals surface area contributed by atoms with Crippen molar-refractivity contribution in [3.8, 4) is 0 Å². The smallest absolute Gasteiger partial charge is 0.307 e. The van der Waals surface area contributed by atoms with Gasteiger partial charge >= 0.3 is 5.97 Å². The predicted molar refractivity (Wildman–Crippen MR) is 54.2 cm³/mol. The van der Waals surface area contributed by atoms with E-state index in [2.05, 4.69) is 20.8 Å². The largest absolute Gasteiger partial charge is 0.435 e. The third-order valence-corrected chi connectivity index (χ3v) is 2.65. The summed E-state index contributed by atoms with van der Waals surface area (Å²) in [6.07, 6.45) is 6.68. The third kappa shape index (κ3) is 5.45. The van der Waals surface area contributed by atoms with Gasteiger partial charge in [0.1, 0.15) is 0 Å². The van der Waals surface area contributed by atoms with Crippen molar-refractivity contribution in [2.45, 2.75) is 47.0 Å². The molecule has 0 aromatic rings. The van der Waals surface area contributed by atoms with Gasteiger partial charge in [0.2, 0.25) is 0 Å². The first-order valence-corrected chi connectivity index (χ1v) is 4.86. The van der Waals surface area contributed by atoms with Crippen molar-refractivity contribution in [2.24, 2.45) is 5.41 Å². The van der Waals surface area contributed by atoms with Crippen LogP contribution in [-0.2, 0) is 9.53 Å². The van der Waals surface area contributed by atoms with Gasteiger partial charge in [0.05, 0.1) is 6.26 Å². The summed E-state index contributed by atoms with van der Waals surface area (Å²) in [4.78, 5) is 10.4. The van der Waals surface area contributed by atoms with Crippen LogP contribution in [0.1, 0.15) is 47.0 Å².